The van der Waals surface area contributed by atoms with E-state index >= 15 is 0 Å². The third kappa shape index (κ3) is 8.10. The van der Waals surface area contributed by atoms with E-state index in [-0.39, 0.29) is 29.7 Å². The summed E-state index contributed by atoms with van der Waals surface area (Å²) in [5.41, 5.74) is 5.91. The third-order valence-corrected chi connectivity index (χ3v) is 9.50. The van der Waals surface area contributed by atoms with Crippen molar-refractivity contribution in [3.8, 4) is 16.9 Å². The van der Waals surface area contributed by atoms with Crippen LogP contribution in [0.3, 0.4) is 0 Å². The minimum absolute atomic E-state index is 0.115. The summed E-state index contributed by atoms with van der Waals surface area (Å²) in [6, 6.07) is 17.2. The number of hydrogen-bond donors (Lipinski definition) is 1. The third-order valence-electron chi connectivity index (χ3n) is 7.85. The molecule has 0 unspecified atom stereocenters. The molecule has 1 fully saturated rings. The number of ether oxygens (including phenoxy) is 3. The fraction of sp³-hybridized carbons (Fsp3) is 0.424. The molecule has 4 rings (SSSR count). The molecule has 42 heavy (non-hydrogen) atoms. The van der Waals surface area contributed by atoms with Crippen LogP contribution < -0.4 is 10.1 Å². The van der Waals surface area contributed by atoms with E-state index in [4.69, 9.17) is 14.2 Å². The van der Waals surface area contributed by atoms with Crippen LogP contribution in [0.4, 0.5) is 10.1 Å². The number of esters is 1. The number of methoxy groups -OCH3 is 1. The second-order valence-corrected chi connectivity index (χ2v) is 13.2. The highest BCUT2D eigenvalue weighted by molar-refractivity contribution is 7.91. The highest BCUT2D eigenvalue weighted by Crippen LogP contribution is 2.33. The van der Waals surface area contributed by atoms with Gasteiger partial charge in [-0.3, -0.25) is 4.79 Å². The van der Waals surface area contributed by atoms with E-state index < -0.39 is 15.4 Å². The van der Waals surface area contributed by atoms with Crippen LogP contribution in [0.1, 0.15) is 48.4 Å². The first-order valence-corrected chi connectivity index (χ1v) is 16.1. The lowest BCUT2D eigenvalue weighted by atomic mass is 9.94. The van der Waals surface area contributed by atoms with Gasteiger partial charge in [0.15, 0.2) is 9.84 Å². The molecular weight excluding hydrogens is 557 g/mol. The molecule has 0 bridgehead atoms. The molecule has 0 amide bonds. The van der Waals surface area contributed by atoms with Crippen LogP contribution in [0.5, 0.6) is 5.75 Å². The predicted molar refractivity (Wildman–Crippen MR) is 163 cm³/mol. The summed E-state index contributed by atoms with van der Waals surface area (Å²) in [7, 11) is -1.39. The molecule has 9 heteroatoms. The maximum atomic E-state index is 14.6. The maximum absolute atomic E-state index is 14.6. The lowest BCUT2D eigenvalue weighted by Gasteiger charge is -2.35. The van der Waals surface area contributed by atoms with Gasteiger partial charge in [0.1, 0.15) is 23.8 Å². The average molecular weight is 598 g/mol. The lowest BCUT2D eigenvalue weighted by Crippen LogP contribution is -2.45. The summed E-state index contributed by atoms with van der Waals surface area (Å²) in [4.78, 5) is 11.6. The van der Waals surface area contributed by atoms with Gasteiger partial charge in [0.25, 0.3) is 0 Å². The maximum Gasteiger partial charge on any atom is 0.306 e. The summed E-state index contributed by atoms with van der Waals surface area (Å²) in [5, 5.41) is 3.29. The standard InChI is InChI=1S/C33H40FNO6S/c1-5-40-31(36)12-10-26-9-11-28(20-30(26)34)35-21-25-7-6-8-27(19-25)32-23(2)17-29(18-24(32)3)41-22-33(39-4)13-15-42(37,38)16-14-33/h6-9,11,17-20,35H,5,10,12-16,21-22H2,1-4H3. The van der Waals surface area contributed by atoms with Crippen LogP contribution in [0.15, 0.2) is 54.6 Å². The summed E-state index contributed by atoms with van der Waals surface area (Å²) < 4.78 is 55.2. The number of sulfone groups is 1. The number of halogens is 1. The fourth-order valence-corrected chi connectivity index (χ4v) is 6.94. The summed E-state index contributed by atoms with van der Waals surface area (Å²) in [5.74, 6) is 0.277. The van der Waals surface area contributed by atoms with Gasteiger partial charge in [0.2, 0.25) is 0 Å². The summed E-state index contributed by atoms with van der Waals surface area (Å²) >= 11 is 0. The largest absolute Gasteiger partial charge is 0.491 e. The van der Waals surface area contributed by atoms with Crippen molar-refractivity contribution < 1.29 is 31.8 Å². The first kappa shape index (κ1) is 31.5. The van der Waals surface area contributed by atoms with Crippen molar-refractivity contribution >= 4 is 21.5 Å². The second kappa shape index (κ2) is 13.7. The van der Waals surface area contributed by atoms with E-state index in [1.54, 1.807) is 20.1 Å². The Kier molecular flexibility index (Phi) is 10.3. The predicted octanol–water partition coefficient (Wildman–Crippen LogP) is 6.19. The Hall–Kier alpha value is -3.43. The molecular formula is C33H40FNO6S. The molecule has 1 heterocycles. The molecule has 0 spiro atoms. The minimum Gasteiger partial charge on any atom is -0.491 e. The molecule has 1 saturated heterocycles. The normalized spacial score (nSPS) is 15.6. The Bertz CT molecular complexity index is 1480. The van der Waals surface area contributed by atoms with Gasteiger partial charge in [-0.25, -0.2) is 12.8 Å². The van der Waals surface area contributed by atoms with Crippen LogP contribution in [0.2, 0.25) is 0 Å². The summed E-state index contributed by atoms with van der Waals surface area (Å²) in [6.45, 7) is 6.97. The molecule has 226 valence electrons. The Labute approximate surface area is 248 Å². The van der Waals surface area contributed by atoms with Gasteiger partial charge in [-0.1, -0.05) is 24.3 Å². The first-order valence-electron chi connectivity index (χ1n) is 14.3. The molecule has 3 aromatic carbocycles. The van der Waals surface area contributed by atoms with Crippen LogP contribution in [0, 0.1) is 19.7 Å². The molecule has 0 aromatic heterocycles. The molecule has 0 saturated carbocycles. The molecule has 1 N–H and O–H groups in total. The Morgan fingerprint density at radius 3 is 2.38 bits per heavy atom. The number of anilines is 1. The zero-order chi connectivity index (χ0) is 30.3. The van der Waals surface area contributed by atoms with Crippen molar-refractivity contribution in [2.75, 3.05) is 37.1 Å². The number of hydrogen-bond acceptors (Lipinski definition) is 7. The van der Waals surface area contributed by atoms with E-state index in [0.717, 1.165) is 33.6 Å². The molecule has 0 aliphatic carbocycles. The number of carbonyl (C=O) groups is 1. The van der Waals surface area contributed by atoms with Crippen LogP contribution in [0.25, 0.3) is 11.1 Å². The Morgan fingerprint density at radius 1 is 1.02 bits per heavy atom. The first-order chi connectivity index (χ1) is 20.0. The van der Waals surface area contributed by atoms with Crippen LogP contribution >= 0.6 is 0 Å². The van der Waals surface area contributed by atoms with Gasteiger partial charge in [0, 0.05) is 25.8 Å². The van der Waals surface area contributed by atoms with E-state index in [9.17, 15) is 17.6 Å². The zero-order valence-corrected chi connectivity index (χ0v) is 25.6. The van der Waals surface area contributed by atoms with Gasteiger partial charge in [-0.15, -0.1) is 0 Å². The van der Waals surface area contributed by atoms with Gasteiger partial charge < -0.3 is 19.5 Å². The molecule has 1 aliphatic heterocycles. The molecule has 1 aliphatic rings. The van der Waals surface area contributed by atoms with E-state index in [1.807, 2.05) is 44.2 Å². The van der Waals surface area contributed by atoms with Crippen molar-refractivity contribution in [1.82, 2.24) is 0 Å². The number of nitrogens with one attached hydrogen (secondary N) is 1. The second-order valence-electron chi connectivity index (χ2n) is 10.9. The molecule has 7 nitrogen and oxygen atoms in total. The van der Waals surface area contributed by atoms with Gasteiger partial charge in [-0.05, 0) is 104 Å². The highest BCUT2D eigenvalue weighted by atomic mass is 32.2. The fourth-order valence-electron chi connectivity index (χ4n) is 5.37. The average Bonchev–Trinajstić information content (AvgIpc) is 2.95. The monoisotopic (exact) mass is 597 g/mol. The van der Waals surface area contributed by atoms with Gasteiger partial charge in [-0.2, -0.15) is 0 Å². The van der Waals surface area contributed by atoms with Gasteiger partial charge in [0.05, 0.1) is 18.1 Å². The molecule has 0 radical (unpaired) electrons. The smallest absolute Gasteiger partial charge is 0.306 e. The molecule has 3 aromatic rings. The molecule has 0 atom stereocenters. The number of carbonyl (C=O) groups excluding carboxylic acids is 1. The zero-order valence-electron chi connectivity index (χ0n) is 24.8. The van der Waals surface area contributed by atoms with E-state index in [2.05, 4.69) is 17.4 Å². The number of rotatable bonds is 12. The quantitative estimate of drug-likeness (QED) is 0.249. The van der Waals surface area contributed by atoms with E-state index in [1.165, 1.54) is 6.07 Å². The van der Waals surface area contributed by atoms with Crippen molar-refractivity contribution in [3.63, 3.8) is 0 Å². The lowest BCUT2D eigenvalue weighted by molar-refractivity contribution is -0.143. The summed E-state index contributed by atoms with van der Waals surface area (Å²) in [6.07, 6.45) is 1.30. The van der Waals surface area contributed by atoms with E-state index in [0.29, 0.717) is 50.3 Å². The number of aryl methyl sites for hydroxylation is 3. The van der Waals surface area contributed by atoms with Crippen LogP contribution in [-0.4, -0.2) is 51.8 Å². The van der Waals surface area contributed by atoms with Crippen molar-refractivity contribution in [2.24, 2.45) is 0 Å². The Morgan fingerprint density at radius 2 is 1.74 bits per heavy atom. The minimum atomic E-state index is -3.00. The van der Waals surface area contributed by atoms with Crippen LogP contribution in [-0.2, 0) is 37.1 Å². The van der Waals surface area contributed by atoms with Crippen molar-refractivity contribution in [2.45, 2.75) is 58.6 Å². The SMILES string of the molecule is CCOC(=O)CCc1ccc(NCc2cccc(-c3c(C)cc(OCC4(OC)CCS(=O)(=O)CC4)cc3C)c2)cc1F. The number of benzene rings is 3. The Balaban J connectivity index is 1.40. The van der Waals surface area contributed by atoms with Crippen molar-refractivity contribution in [1.29, 1.82) is 0 Å². The van der Waals surface area contributed by atoms with Crippen molar-refractivity contribution in [3.05, 3.63) is 82.7 Å². The highest BCUT2D eigenvalue weighted by Gasteiger charge is 2.38. The van der Waals surface area contributed by atoms with Gasteiger partial charge >= 0.3 is 5.97 Å². The topological polar surface area (TPSA) is 90.9 Å².